The predicted octanol–water partition coefficient (Wildman–Crippen LogP) is 5.29. The van der Waals surface area contributed by atoms with Crippen LogP contribution in [-0.4, -0.2) is 184 Å². The van der Waals surface area contributed by atoms with E-state index in [2.05, 4.69) is 0 Å². The van der Waals surface area contributed by atoms with E-state index in [1.54, 1.807) is 61.7 Å². The molecule has 2 unspecified atom stereocenters. The van der Waals surface area contributed by atoms with Crippen molar-refractivity contribution in [3.05, 3.63) is 95.2 Å². The van der Waals surface area contributed by atoms with Gasteiger partial charge in [0.2, 0.25) is 5.69 Å². The van der Waals surface area contributed by atoms with Gasteiger partial charge in [-0.15, -0.1) is 5.06 Å². The van der Waals surface area contributed by atoms with Crippen LogP contribution in [0.2, 0.25) is 0 Å². The van der Waals surface area contributed by atoms with E-state index in [1.165, 1.54) is 31.4 Å². The minimum absolute atomic E-state index is 0.00854. The van der Waals surface area contributed by atoms with Crippen molar-refractivity contribution in [3.8, 4) is 0 Å². The molecule has 4 aromatic carbocycles. The molecule has 0 radical (unpaired) electrons. The Balaban J connectivity index is 1.39. The van der Waals surface area contributed by atoms with Crippen LogP contribution >= 0.6 is 0 Å². The topological polar surface area (TPSA) is 388 Å². The average Bonchev–Trinajstić information content (AvgIpc) is 1.61. The fourth-order valence-corrected chi connectivity index (χ4v) is 14.3. The summed E-state index contributed by atoms with van der Waals surface area (Å²) in [6.45, 7) is 6.82. The normalized spacial score (nSPS) is 19.2. The third-order valence-electron chi connectivity index (χ3n) is 15.1. The molecule has 0 aromatic heterocycles. The Hall–Kier alpha value is -5.95. The van der Waals surface area contributed by atoms with Crippen molar-refractivity contribution in [2.24, 2.45) is 0 Å². The molecule has 2 atom stereocenters. The summed E-state index contributed by atoms with van der Waals surface area (Å²) >= 11 is 0. The number of amides is 2. The molecule has 2 amide bonds. The van der Waals surface area contributed by atoms with Crippen molar-refractivity contribution in [2.75, 3.05) is 90.8 Å². The summed E-state index contributed by atoms with van der Waals surface area (Å²) in [6.07, 6.45) is 5.90. The lowest BCUT2D eigenvalue weighted by atomic mass is 9.74. The molecule has 1 fully saturated rings. The number of hydrogen-bond acceptors (Lipinski definition) is 20. The smallest absolute Gasteiger partial charge is 0.333 e. The Bertz CT molecular complexity index is 4070. The first-order valence-corrected chi connectivity index (χ1v) is 34.4. The van der Waals surface area contributed by atoms with E-state index in [0.717, 1.165) is 12.1 Å². The summed E-state index contributed by atoms with van der Waals surface area (Å²) in [5.74, 6) is -3.03. The Morgan fingerprint density at radius 1 is 0.632 bits per heavy atom. The summed E-state index contributed by atoms with van der Waals surface area (Å²) in [7, 11) is -22.2. The van der Waals surface area contributed by atoms with Gasteiger partial charge in [0.1, 0.15) is 16.4 Å². The van der Waals surface area contributed by atoms with E-state index in [9.17, 15) is 79.2 Å². The van der Waals surface area contributed by atoms with Crippen molar-refractivity contribution in [1.29, 1.82) is 0 Å². The number of imide groups is 1. The number of rotatable bonds is 31. The van der Waals surface area contributed by atoms with Crippen LogP contribution in [0.1, 0.15) is 76.8 Å². The second-order valence-corrected chi connectivity index (χ2v) is 28.3. The maximum atomic E-state index is 13.2. The second kappa shape index (κ2) is 27.4. The molecule has 0 spiro atoms. The van der Waals surface area contributed by atoms with Gasteiger partial charge in [-0.1, -0.05) is 23.8 Å². The van der Waals surface area contributed by atoms with E-state index in [-0.39, 0.29) is 125 Å². The van der Waals surface area contributed by atoms with Crippen LogP contribution in [0, 0.1) is 0 Å². The number of hydroxylamine groups is 2. The summed E-state index contributed by atoms with van der Waals surface area (Å²) in [4.78, 5) is 41.4. The van der Waals surface area contributed by atoms with E-state index in [1.807, 2.05) is 0 Å². The van der Waals surface area contributed by atoms with Gasteiger partial charge in [-0.05, 0) is 105 Å². The number of allylic oxidation sites excluding steroid dienone is 6. The number of anilines is 1. The number of carbonyl (C=O) groups excluding carboxylic acids is 3. The highest BCUT2D eigenvalue weighted by atomic mass is 32.2. The highest BCUT2D eigenvalue weighted by Gasteiger charge is 2.50. The molecule has 4 aromatic rings. The van der Waals surface area contributed by atoms with E-state index in [4.69, 9.17) is 28.5 Å². The first kappa shape index (κ1) is 68.5. The van der Waals surface area contributed by atoms with Gasteiger partial charge in [0.15, 0.2) is 12.3 Å². The summed E-state index contributed by atoms with van der Waals surface area (Å²) in [5, 5.41) is 0.0830. The molecule has 1 saturated heterocycles. The minimum Gasteiger partial charge on any atom is -0.382 e. The lowest BCUT2D eigenvalue weighted by molar-refractivity contribution is -0.441. The number of methoxy groups -OCH3 is 2. The van der Waals surface area contributed by atoms with Crippen LogP contribution < -0.4 is 4.90 Å². The second-order valence-electron chi connectivity index (χ2n) is 21.1. The zero-order valence-corrected chi connectivity index (χ0v) is 52.1. The number of nitrogens with zero attached hydrogens (tertiary/aromatic N) is 3. The van der Waals surface area contributed by atoms with Gasteiger partial charge in [0, 0.05) is 91.9 Å². The number of carbonyl (C=O) groups is 3. The lowest BCUT2D eigenvalue weighted by Crippen LogP contribution is -2.33. The summed E-state index contributed by atoms with van der Waals surface area (Å²) < 4.78 is 208. The molecule has 7 rings (SSSR count). The van der Waals surface area contributed by atoms with Gasteiger partial charge in [-0.2, -0.15) is 46.7 Å². The quantitative estimate of drug-likeness (QED) is 0.0140. The maximum absolute atomic E-state index is 13.2. The van der Waals surface area contributed by atoms with Crippen molar-refractivity contribution >= 4 is 107 Å². The standard InChI is InChI=1S/C55H67N3O24S5/c1-36(9-15-47-54(2,19-7-31-83(62,63)64)52-41-32-37(84(65,66)67)34-45(86(71,72)73)39(41)12-14-44(52)57(47)22-24-77-4)10-16-48-55(3,20-23-79-27-28-81-30-29-80-26-25-78-5)53-42-33-38(85(68,69)70)35-46(87(74,75)76)40(42)11-13-43(53)56(48)21-6-8-51(61)82-58-49(59)17-18-50(58)60/h9-16,32-35H,6-8,17-31H2,1-5H3,(H4-,62,63,64,65,66,67,68,69,70,71,72,73,74,75,76)/p+1. The van der Waals surface area contributed by atoms with Gasteiger partial charge in [0.05, 0.1) is 60.6 Å². The minimum atomic E-state index is -5.18. The zero-order valence-electron chi connectivity index (χ0n) is 48.0. The average molecular weight is 1320 g/mol. The highest BCUT2D eigenvalue weighted by molar-refractivity contribution is 7.87. The Morgan fingerprint density at radius 2 is 1.16 bits per heavy atom. The first-order chi connectivity index (χ1) is 40.7. The van der Waals surface area contributed by atoms with Gasteiger partial charge < -0.3 is 33.4 Å². The zero-order chi connectivity index (χ0) is 64.1. The highest BCUT2D eigenvalue weighted by Crippen LogP contribution is 2.54. The van der Waals surface area contributed by atoms with Crippen LogP contribution in [0.15, 0.2) is 104 Å². The van der Waals surface area contributed by atoms with Crippen molar-refractivity contribution in [3.63, 3.8) is 0 Å². The molecule has 476 valence electrons. The fraction of sp³-hybridized carbons (Fsp3) is 0.455. The predicted molar refractivity (Wildman–Crippen MR) is 313 cm³/mol. The van der Waals surface area contributed by atoms with Crippen molar-refractivity contribution in [2.45, 2.75) is 96.1 Å². The molecule has 3 aliphatic heterocycles. The van der Waals surface area contributed by atoms with E-state index < -0.39 is 105 Å². The van der Waals surface area contributed by atoms with Crippen molar-refractivity contribution in [1.82, 2.24) is 5.06 Å². The fourth-order valence-electron chi connectivity index (χ4n) is 11.1. The van der Waals surface area contributed by atoms with Crippen LogP contribution in [0.4, 0.5) is 11.4 Å². The molecule has 0 bridgehead atoms. The molecule has 0 aliphatic carbocycles. The van der Waals surface area contributed by atoms with Crippen LogP contribution in [0.5, 0.6) is 0 Å². The number of benzene rings is 4. The third kappa shape index (κ3) is 15.9. The van der Waals surface area contributed by atoms with Crippen LogP contribution in [0.3, 0.4) is 0 Å². The van der Waals surface area contributed by atoms with Crippen LogP contribution in [0.25, 0.3) is 21.5 Å². The Kier molecular flexibility index (Phi) is 21.6. The number of fused-ring (bicyclic) bond motifs is 6. The number of hydrogen-bond donors (Lipinski definition) is 5. The molecule has 32 heteroatoms. The molecule has 5 N–H and O–H groups in total. The van der Waals surface area contributed by atoms with Gasteiger partial charge >= 0.3 is 5.97 Å². The molecule has 87 heavy (non-hydrogen) atoms. The molecule has 27 nitrogen and oxygen atoms in total. The van der Waals surface area contributed by atoms with Crippen LogP contribution in [-0.2, 0) is 104 Å². The molecular weight excluding hydrogens is 1250 g/mol. The third-order valence-corrected chi connectivity index (χ3v) is 19.4. The molecule has 3 aliphatic rings. The van der Waals surface area contributed by atoms with Gasteiger partial charge in [-0.3, -0.25) is 32.4 Å². The first-order valence-electron chi connectivity index (χ1n) is 27.0. The summed E-state index contributed by atoms with van der Waals surface area (Å²) in [5.41, 5.74) is 0.00367. The van der Waals surface area contributed by atoms with E-state index >= 15 is 0 Å². The van der Waals surface area contributed by atoms with Gasteiger partial charge in [0.25, 0.3) is 62.4 Å². The van der Waals surface area contributed by atoms with E-state index in [0.29, 0.717) is 64.3 Å². The Labute approximate surface area is 503 Å². The SMILES string of the molecule is COCCOCCOCCOCCC1(C)\C(=C/C=C(C)/C=C/C2=[N+](CCOC)c3ccc4c(S(=O)(=O)O)cc(S(=O)(=O)O)cc4c3C2(C)CCCS(=O)(=O)O)N(CCCC(=O)ON2C(=O)CCC2=O)c2ccc3c(S(=O)(=O)O)cc(S(=O)(=O)O)cc3c21. The summed E-state index contributed by atoms with van der Waals surface area (Å²) in [6, 6.07) is 9.08. The monoisotopic (exact) mass is 1310 g/mol. The number of ether oxygens (including phenoxy) is 5. The van der Waals surface area contributed by atoms with Gasteiger partial charge in [-0.25, -0.2) is 4.79 Å². The maximum Gasteiger partial charge on any atom is 0.333 e. The molecule has 0 saturated carbocycles. The lowest BCUT2D eigenvalue weighted by Gasteiger charge is -2.31. The van der Waals surface area contributed by atoms with Crippen molar-refractivity contribution < 1.29 is 112 Å². The molecular formula is C55H68N3O24S5+. The molecule has 3 heterocycles. The Morgan fingerprint density at radius 3 is 1.69 bits per heavy atom. The largest absolute Gasteiger partial charge is 0.382 e.